The molecule has 1 heterocycles. The molecule has 2 nitrogen and oxygen atoms in total. The van der Waals surface area contributed by atoms with E-state index in [4.69, 9.17) is 4.74 Å². The molecule has 3 atom stereocenters. The zero-order valence-electron chi connectivity index (χ0n) is 9.02. The highest BCUT2D eigenvalue weighted by molar-refractivity contribution is 5.03. The van der Waals surface area contributed by atoms with Gasteiger partial charge in [0, 0.05) is 13.1 Å². The van der Waals surface area contributed by atoms with E-state index < -0.39 is 0 Å². The molecule has 2 rings (SSSR count). The molecule has 0 bridgehead atoms. The molecule has 0 aromatic carbocycles. The van der Waals surface area contributed by atoms with Crippen molar-refractivity contribution >= 4 is 0 Å². The normalized spacial score (nSPS) is 50.5. The van der Waals surface area contributed by atoms with E-state index in [1.165, 1.54) is 12.8 Å². The van der Waals surface area contributed by atoms with Gasteiger partial charge in [0.05, 0.1) is 11.2 Å². The molecule has 76 valence electrons. The third kappa shape index (κ3) is 1.40. The maximum Gasteiger partial charge on any atom is 0.0839 e. The van der Waals surface area contributed by atoms with Gasteiger partial charge in [-0.15, -0.1) is 0 Å². The molecule has 1 N–H and O–H groups in total. The predicted octanol–water partition coefficient (Wildman–Crippen LogP) is 1.94. The van der Waals surface area contributed by atoms with E-state index in [0.717, 1.165) is 25.4 Å². The third-order valence-electron chi connectivity index (χ3n) is 4.02. The Bertz CT molecular complexity index is 206. The standard InChI is InChI=1S/C11H21NO/c1-4-10(3)7-12-8-11(13-10)6-5-9(11)2/h9,12H,4-8H2,1-3H3. The third-order valence-corrected chi connectivity index (χ3v) is 4.02. The molecule has 1 saturated carbocycles. The van der Waals surface area contributed by atoms with E-state index >= 15 is 0 Å². The monoisotopic (exact) mass is 183 g/mol. The van der Waals surface area contributed by atoms with Crippen molar-refractivity contribution in [1.82, 2.24) is 5.32 Å². The summed E-state index contributed by atoms with van der Waals surface area (Å²) >= 11 is 0. The maximum atomic E-state index is 6.30. The minimum atomic E-state index is 0.0763. The lowest BCUT2D eigenvalue weighted by molar-refractivity contribution is -0.230. The zero-order valence-corrected chi connectivity index (χ0v) is 9.02. The Morgan fingerprint density at radius 1 is 1.46 bits per heavy atom. The van der Waals surface area contributed by atoms with Crippen LogP contribution < -0.4 is 5.32 Å². The average Bonchev–Trinajstić information content (AvgIpc) is 2.16. The highest BCUT2D eigenvalue weighted by Crippen LogP contribution is 2.45. The molecule has 2 heteroatoms. The summed E-state index contributed by atoms with van der Waals surface area (Å²) in [5, 5.41) is 3.52. The van der Waals surface area contributed by atoms with Gasteiger partial charge >= 0.3 is 0 Å². The Balaban J connectivity index is 2.07. The van der Waals surface area contributed by atoms with Crippen molar-refractivity contribution in [3.8, 4) is 0 Å². The summed E-state index contributed by atoms with van der Waals surface area (Å²) in [5.74, 6) is 0.742. The van der Waals surface area contributed by atoms with E-state index in [9.17, 15) is 0 Å². The van der Waals surface area contributed by atoms with Crippen LogP contribution in [0.15, 0.2) is 0 Å². The van der Waals surface area contributed by atoms with Crippen LogP contribution >= 0.6 is 0 Å². The molecule has 0 radical (unpaired) electrons. The summed E-state index contributed by atoms with van der Waals surface area (Å²) in [6.07, 6.45) is 3.69. The molecule has 2 fully saturated rings. The SMILES string of the molecule is CCC1(C)CNCC2(CCC2C)O1. The fourth-order valence-corrected chi connectivity index (χ4v) is 2.47. The largest absolute Gasteiger partial charge is 0.366 e. The van der Waals surface area contributed by atoms with Crippen molar-refractivity contribution in [1.29, 1.82) is 0 Å². The summed E-state index contributed by atoms with van der Waals surface area (Å²) < 4.78 is 6.30. The van der Waals surface area contributed by atoms with Crippen molar-refractivity contribution in [3.05, 3.63) is 0 Å². The van der Waals surface area contributed by atoms with Crippen molar-refractivity contribution in [2.75, 3.05) is 13.1 Å². The quantitative estimate of drug-likeness (QED) is 0.671. The molecule has 1 aliphatic heterocycles. The topological polar surface area (TPSA) is 21.3 Å². The molecule has 0 aromatic rings. The van der Waals surface area contributed by atoms with Crippen LogP contribution in [0.3, 0.4) is 0 Å². The van der Waals surface area contributed by atoms with E-state index in [1.54, 1.807) is 0 Å². The maximum absolute atomic E-state index is 6.30. The van der Waals surface area contributed by atoms with Gasteiger partial charge in [-0.05, 0) is 32.1 Å². The number of rotatable bonds is 1. The molecule has 1 aliphatic carbocycles. The highest BCUT2D eigenvalue weighted by atomic mass is 16.5. The number of hydrogen-bond acceptors (Lipinski definition) is 2. The second-order valence-corrected chi connectivity index (χ2v) is 5.01. The van der Waals surface area contributed by atoms with Gasteiger partial charge in [-0.1, -0.05) is 13.8 Å². The summed E-state index contributed by atoms with van der Waals surface area (Å²) in [7, 11) is 0. The zero-order chi connectivity index (χ0) is 9.53. The minimum absolute atomic E-state index is 0.0763. The van der Waals surface area contributed by atoms with Gasteiger partial charge in [-0.3, -0.25) is 0 Å². The van der Waals surface area contributed by atoms with Crippen LogP contribution in [0.25, 0.3) is 0 Å². The Hall–Kier alpha value is -0.0800. The summed E-state index contributed by atoms with van der Waals surface area (Å²) in [4.78, 5) is 0. The van der Waals surface area contributed by atoms with Gasteiger partial charge < -0.3 is 10.1 Å². The molecular weight excluding hydrogens is 162 g/mol. The highest BCUT2D eigenvalue weighted by Gasteiger charge is 2.50. The van der Waals surface area contributed by atoms with Crippen LogP contribution in [0.4, 0.5) is 0 Å². The summed E-state index contributed by atoms with van der Waals surface area (Å²) in [5.41, 5.74) is 0.260. The Morgan fingerprint density at radius 3 is 2.69 bits per heavy atom. The molecule has 1 spiro atoms. The van der Waals surface area contributed by atoms with Crippen molar-refractivity contribution in [2.45, 2.75) is 51.2 Å². The first-order valence-corrected chi connectivity index (χ1v) is 5.51. The van der Waals surface area contributed by atoms with Crippen molar-refractivity contribution < 1.29 is 4.74 Å². The van der Waals surface area contributed by atoms with E-state index in [2.05, 4.69) is 26.1 Å². The van der Waals surface area contributed by atoms with Crippen molar-refractivity contribution in [2.24, 2.45) is 5.92 Å². The fourth-order valence-electron chi connectivity index (χ4n) is 2.47. The van der Waals surface area contributed by atoms with Gasteiger partial charge in [-0.2, -0.15) is 0 Å². The summed E-state index contributed by atoms with van der Waals surface area (Å²) in [6.45, 7) is 8.82. The van der Waals surface area contributed by atoms with Gasteiger partial charge in [0.25, 0.3) is 0 Å². The van der Waals surface area contributed by atoms with Gasteiger partial charge in [0.1, 0.15) is 0 Å². The van der Waals surface area contributed by atoms with Crippen LogP contribution in [0, 0.1) is 5.92 Å². The second-order valence-electron chi connectivity index (χ2n) is 5.01. The number of nitrogens with one attached hydrogen (secondary N) is 1. The first kappa shape index (κ1) is 9.47. The lowest BCUT2D eigenvalue weighted by Crippen LogP contribution is -2.65. The van der Waals surface area contributed by atoms with E-state index in [-0.39, 0.29) is 11.2 Å². The Labute approximate surface area is 81.0 Å². The van der Waals surface area contributed by atoms with Gasteiger partial charge in [0.2, 0.25) is 0 Å². The molecule has 2 aliphatic rings. The molecule has 0 aromatic heterocycles. The molecular formula is C11H21NO. The molecule has 13 heavy (non-hydrogen) atoms. The van der Waals surface area contributed by atoms with Crippen LogP contribution in [0.5, 0.6) is 0 Å². The van der Waals surface area contributed by atoms with Crippen LogP contribution in [0.2, 0.25) is 0 Å². The first-order valence-electron chi connectivity index (χ1n) is 5.51. The van der Waals surface area contributed by atoms with Gasteiger partial charge in [0.15, 0.2) is 0 Å². The first-order chi connectivity index (χ1) is 6.10. The average molecular weight is 183 g/mol. The lowest BCUT2D eigenvalue weighted by Gasteiger charge is -2.55. The predicted molar refractivity (Wildman–Crippen MR) is 53.8 cm³/mol. The number of morpholine rings is 1. The second kappa shape index (κ2) is 2.96. The van der Waals surface area contributed by atoms with Gasteiger partial charge in [-0.25, -0.2) is 0 Å². The summed E-state index contributed by atoms with van der Waals surface area (Å²) in [6, 6.07) is 0. The number of ether oxygens (including phenoxy) is 1. The van der Waals surface area contributed by atoms with Crippen molar-refractivity contribution in [3.63, 3.8) is 0 Å². The lowest BCUT2D eigenvalue weighted by atomic mass is 9.69. The van der Waals surface area contributed by atoms with Crippen LogP contribution in [0.1, 0.15) is 40.0 Å². The minimum Gasteiger partial charge on any atom is -0.366 e. The number of hydrogen-bond donors (Lipinski definition) is 1. The Kier molecular flexibility index (Phi) is 2.16. The molecule has 1 saturated heterocycles. The molecule has 3 unspecified atom stereocenters. The Morgan fingerprint density at radius 2 is 2.23 bits per heavy atom. The smallest absolute Gasteiger partial charge is 0.0839 e. The fraction of sp³-hybridized carbons (Fsp3) is 1.00. The van der Waals surface area contributed by atoms with Crippen LogP contribution in [-0.2, 0) is 4.74 Å². The molecule has 0 amide bonds. The van der Waals surface area contributed by atoms with E-state index in [1.807, 2.05) is 0 Å². The van der Waals surface area contributed by atoms with Crippen LogP contribution in [-0.4, -0.2) is 24.3 Å². The van der Waals surface area contributed by atoms with E-state index in [0.29, 0.717) is 0 Å².